The van der Waals surface area contributed by atoms with Gasteiger partial charge >= 0.3 is 0 Å². The lowest BCUT2D eigenvalue weighted by Crippen LogP contribution is -2.32. The summed E-state index contributed by atoms with van der Waals surface area (Å²) in [5.41, 5.74) is 0.448. The van der Waals surface area contributed by atoms with Crippen molar-refractivity contribution in [3.05, 3.63) is 0 Å². The van der Waals surface area contributed by atoms with Crippen molar-refractivity contribution in [1.82, 2.24) is 10.6 Å². The van der Waals surface area contributed by atoms with Gasteiger partial charge in [-0.1, -0.05) is 13.8 Å². The molecule has 0 atom stereocenters. The molecule has 0 aromatic heterocycles. The number of nitrogens with one attached hydrogen (secondary N) is 2. The summed E-state index contributed by atoms with van der Waals surface area (Å²) in [6.07, 6.45) is 4.42. The summed E-state index contributed by atoms with van der Waals surface area (Å²) in [5.74, 6) is 0.918. The average Bonchev–Trinajstić information content (AvgIpc) is 2.91. The Morgan fingerprint density at radius 2 is 2.00 bits per heavy atom. The molecular weight excluding hydrogens is 224 g/mol. The second-order valence-electron chi connectivity index (χ2n) is 5.23. The zero-order chi connectivity index (χ0) is 11.3. The molecule has 0 radical (unpaired) electrons. The Labute approximate surface area is 105 Å². The fourth-order valence-electron chi connectivity index (χ4n) is 2.11. The quantitative estimate of drug-likeness (QED) is 0.723. The molecule has 96 valence electrons. The third kappa shape index (κ3) is 5.71. The molecular formula is C12H25ClN2O. The fourth-order valence-corrected chi connectivity index (χ4v) is 2.11. The summed E-state index contributed by atoms with van der Waals surface area (Å²) >= 11 is 0. The van der Waals surface area contributed by atoms with E-state index in [1.54, 1.807) is 0 Å². The molecule has 0 bridgehead atoms. The zero-order valence-electron chi connectivity index (χ0n) is 10.6. The predicted molar refractivity (Wildman–Crippen MR) is 69.9 cm³/mol. The second-order valence-corrected chi connectivity index (χ2v) is 5.23. The SMILES string of the molecule is CNCCC(=O)NCC1(CC(C)C)CC1.Cl. The van der Waals surface area contributed by atoms with Gasteiger partial charge < -0.3 is 10.6 Å². The highest BCUT2D eigenvalue weighted by molar-refractivity contribution is 5.85. The Bertz CT molecular complexity index is 215. The number of hydrogen-bond donors (Lipinski definition) is 2. The monoisotopic (exact) mass is 248 g/mol. The van der Waals surface area contributed by atoms with Gasteiger partial charge in [0.25, 0.3) is 0 Å². The minimum absolute atomic E-state index is 0. The number of carbonyl (C=O) groups excluding carboxylic acids is 1. The zero-order valence-corrected chi connectivity index (χ0v) is 11.5. The largest absolute Gasteiger partial charge is 0.356 e. The molecule has 0 unspecified atom stereocenters. The van der Waals surface area contributed by atoms with Gasteiger partial charge in [-0.2, -0.15) is 0 Å². The number of rotatable bonds is 7. The van der Waals surface area contributed by atoms with Crippen LogP contribution in [0.1, 0.15) is 39.5 Å². The molecule has 0 aromatic rings. The molecule has 16 heavy (non-hydrogen) atoms. The highest BCUT2D eigenvalue weighted by Crippen LogP contribution is 2.49. The summed E-state index contributed by atoms with van der Waals surface area (Å²) < 4.78 is 0. The van der Waals surface area contributed by atoms with Crippen LogP contribution in [0.15, 0.2) is 0 Å². The van der Waals surface area contributed by atoms with E-state index in [1.165, 1.54) is 19.3 Å². The molecule has 1 rings (SSSR count). The molecule has 1 fully saturated rings. The molecule has 1 saturated carbocycles. The summed E-state index contributed by atoms with van der Waals surface area (Å²) in [6, 6.07) is 0. The fraction of sp³-hybridized carbons (Fsp3) is 0.917. The Kier molecular flexibility index (Phi) is 7.00. The van der Waals surface area contributed by atoms with Crippen molar-refractivity contribution in [2.45, 2.75) is 39.5 Å². The maximum Gasteiger partial charge on any atom is 0.221 e. The van der Waals surface area contributed by atoms with Crippen LogP contribution in [0.2, 0.25) is 0 Å². The molecule has 1 amide bonds. The van der Waals surface area contributed by atoms with Crippen molar-refractivity contribution in [3.63, 3.8) is 0 Å². The van der Waals surface area contributed by atoms with Crippen LogP contribution < -0.4 is 10.6 Å². The van der Waals surface area contributed by atoms with Gasteiger partial charge in [0.2, 0.25) is 5.91 Å². The van der Waals surface area contributed by atoms with Crippen molar-refractivity contribution in [2.24, 2.45) is 11.3 Å². The van der Waals surface area contributed by atoms with Crippen LogP contribution >= 0.6 is 12.4 Å². The Hall–Kier alpha value is -0.280. The second kappa shape index (κ2) is 7.13. The van der Waals surface area contributed by atoms with Gasteiger partial charge in [0.05, 0.1) is 0 Å². The van der Waals surface area contributed by atoms with Crippen LogP contribution in [0.4, 0.5) is 0 Å². The molecule has 2 N–H and O–H groups in total. The van der Waals surface area contributed by atoms with Crippen molar-refractivity contribution >= 4 is 18.3 Å². The van der Waals surface area contributed by atoms with Gasteiger partial charge in [-0.15, -0.1) is 12.4 Å². The molecule has 4 heteroatoms. The summed E-state index contributed by atoms with van der Waals surface area (Å²) in [7, 11) is 1.87. The summed E-state index contributed by atoms with van der Waals surface area (Å²) in [6.45, 7) is 6.16. The highest BCUT2D eigenvalue weighted by atomic mass is 35.5. The molecule has 0 aliphatic heterocycles. The number of carbonyl (C=O) groups is 1. The molecule has 0 heterocycles. The molecule has 1 aliphatic rings. The van der Waals surface area contributed by atoms with Gasteiger partial charge in [-0.3, -0.25) is 4.79 Å². The first-order valence-corrected chi connectivity index (χ1v) is 5.99. The normalized spacial score (nSPS) is 16.8. The van der Waals surface area contributed by atoms with Crippen LogP contribution in [0.5, 0.6) is 0 Å². The van der Waals surface area contributed by atoms with Gasteiger partial charge in [0.15, 0.2) is 0 Å². The predicted octanol–water partition coefficient (Wildman–Crippen LogP) is 1.96. The van der Waals surface area contributed by atoms with Crippen LogP contribution in [0.25, 0.3) is 0 Å². The van der Waals surface area contributed by atoms with Crippen LogP contribution in [-0.4, -0.2) is 26.0 Å². The third-order valence-corrected chi connectivity index (χ3v) is 3.06. The van der Waals surface area contributed by atoms with Gasteiger partial charge in [-0.05, 0) is 37.6 Å². The standard InChI is InChI=1S/C12H24N2O.ClH/c1-10(2)8-12(5-6-12)9-14-11(15)4-7-13-3;/h10,13H,4-9H2,1-3H3,(H,14,15);1H. The number of halogens is 1. The number of hydrogen-bond acceptors (Lipinski definition) is 2. The first-order chi connectivity index (χ1) is 7.08. The van der Waals surface area contributed by atoms with Crippen LogP contribution in [0.3, 0.4) is 0 Å². The van der Waals surface area contributed by atoms with E-state index in [1.807, 2.05) is 7.05 Å². The van der Waals surface area contributed by atoms with E-state index in [9.17, 15) is 4.79 Å². The van der Waals surface area contributed by atoms with Crippen molar-refractivity contribution < 1.29 is 4.79 Å². The third-order valence-electron chi connectivity index (χ3n) is 3.06. The number of amides is 1. The Morgan fingerprint density at radius 1 is 1.38 bits per heavy atom. The lowest BCUT2D eigenvalue weighted by atomic mass is 9.94. The van der Waals surface area contributed by atoms with Crippen LogP contribution in [-0.2, 0) is 4.79 Å². The molecule has 0 aromatic carbocycles. The van der Waals surface area contributed by atoms with E-state index >= 15 is 0 Å². The van der Waals surface area contributed by atoms with Gasteiger partial charge in [0, 0.05) is 19.5 Å². The van der Waals surface area contributed by atoms with E-state index in [0.29, 0.717) is 11.8 Å². The molecule has 0 saturated heterocycles. The minimum atomic E-state index is 0. The first kappa shape index (κ1) is 15.7. The maximum absolute atomic E-state index is 11.4. The van der Waals surface area contributed by atoms with Gasteiger partial charge in [-0.25, -0.2) is 0 Å². The van der Waals surface area contributed by atoms with E-state index in [4.69, 9.17) is 0 Å². The molecule has 1 aliphatic carbocycles. The Morgan fingerprint density at radius 3 is 2.44 bits per heavy atom. The maximum atomic E-state index is 11.4. The summed E-state index contributed by atoms with van der Waals surface area (Å²) in [5, 5.41) is 6.03. The van der Waals surface area contributed by atoms with E-state index in [-0.39, 0.29) is 18.3 Å². The Balaban J connectivity index is 0.00000225. The smallest absolute Gasteiger partial charge is 0.221 e. The topological polar surface area (TPSA) is 41.1 Å². The van der Waals surface area contributed by atoms with Crippen molar-refractivity contribution in [1.29, 1.82) is 0 Å². The van der Waals surface area contributed by atoms with Crippen molar-refractivity contribution in [3.8, 4) is 0 Å². The van der Waals surface area contributed by atoms with Crippen molar-refractivity contribution in [2.75, 3.05) is 20.1 Å². The molecule has 3 nitrogen and oxygen atoms in total. The lowest BCUT2D eigenvalue weighted by molar-refractivity contribution is -0.121. The summed E-state index contributed by atoms with van der Waals surface area (Å²) in [4.78, 5) is 11.4. The van der Waals surface area contributed by atoms with E-state index < -0.39 is 0 Å². The minimum Gasteiger partial charge on any atom is -0.356 e. The highest BCUT2D eigenvalue weighted by Gasteiger charge is 2.42. The average molecular weight is 249 g/mol. The van der Waals surface area contributed by atoms with Crippen LogP contribution in [0, 0.1) is 11.3 Å². The van der Waals surface area contributed by atoms with Gasteiger partial charge in [0.1, 0.15) is 0 Å². The first-order valence-electron chi connectivity index (χ1n) is 5.99. The lowest BCUT2D eigenvalue weighted by Gasteiger charge is -2.18. The molecule has 0 spiro atoms. The van der Waals surface area contributed by atoms with E-state index in [2.05, 4.69) is 24.5 Å². The van der Waals surface area contributed by atoms with E-state index in [0.717, 1.165) is 19.0 Å².